The summed E-state index contributed by atoms with van der Waals surface area (Å²) in [5.41, 5.74) is 2.71. The second-order valence-electron chi connectivity index (χ2n) is 6.80. The highest BCUT2D eigenvalue weighted by Gasteiger charge is 2.23. The Morgan fingerprint density at radius 1 is 1.29 bits per heavy atom. The van der Waals surface area contributed by atoms with Gasteiger partial charge in [0.25, 0.3) is 0 Å². The summed E-state index contributed by atoms with van der Waals surface area (Å²) in [5.74, 6) is 0. The number of carbonyl (C=O) groups excluding carboxylic acids is 1. The zero-order valence-corrected chi connectivity index (χ0v) is 17.1. The molecule has 0 bridgehead atoms. The van der Waals surface area contributed by atoms with Crippen molar-refractivity contribution >= 4 is 22.7 Å². The molecule has 2 rings (SSSR count). The number of rotatable bonds is 7. The fraction of sp³-hybridized carbons (Fsp3) is 0.737. The van der Waals surface area contributed by atoms with Crippen LogP contribution in [-0.4, -0.2) is 36.5 Å². The topological polar surface area (TPSA) is 44.4 Å². The van der Waals surface area contributed by atoms with Gasteiger partial charge in [0.15, 0.2) is 0 Å². The van der Waals surface area contributed by atoms with Gasteiger partial charge in [0.2, 0.25) is 6.41 Å². The molecule has 2 N–H and O–H groups in total. The maximum atomic E-state index is 10.5. The molecule has 1 aliphatic rings. The molecule has 1 atom stereocenters. The maximum Gasteiger partial charge on any atom is 0.212 e. The first-order valence-electron chi connectivity index (χ1n) is 9.23. The highest BCUT2D eigenvalue weighted by Crippen LogP contribution is 2.36. The molecule has 138 valence electrons. The minimum Gasteiger partial charge on any atom is -0.320 e. The molecule has 0 fully saturated rings. The molecule has 0 spiro atoms. The van der Waals surface area contributed by atoms with Crippen molar-refractivity contribution in [3.8, 4) is 0 Å². The van der Waals surface area contributed by atoms with Gasteiger partial charge in [-0.15, -0.1) is 11.3 Å². The van der Waals surface area contributed by atoms with Gasteiger partial charge in [0.05, 0.1) is 5.00 Å². The number of hydrogen-bond acceptors (Lipinski definition) is 4. The molecule has 1 unspecified atom stereocenters. The third-order valence-corrected chi connectivity index (χ3v) is 5.88. The normalized spacial score (nSPS) is 15.5. The standard InChI is InChI=1S/C12H18N2OS.C7H17N/c1-8(2)14-5-4-10-9(3)12(13-7-15)16-11(10)6-14;1-4-6-8-7(3)5-2/h7-8H,4-6H2,1-3H3,(H,13,15);7-8H,4-6H2,1-3H3. The van der Waals surface area contributed by atoms with E-state index in [1.54, 1.807) is 11.3 Å². The number of amides is 1. The van der Waals surface area contributed by atoms with Crippen LogP contribution in [0.25, 0.3) is 0 Å². The largest absolute Gasteiger partial charge is 0.320 e. The van der Waals surface area contributed by atoms with Crippen molar-refractivity contribution in [1.82, 2.24) is 10.2 Å². The quantitative estimate of drug-likeness (QED) is 0.723. The average molecular weight is 354 g/mol. The molecule has 24 heavy (non-hydrogen) atoms. The summed E-state index contributed by atoms with van der Waals surface area (Å²) in [5, 5.41) is 7.20. The third kappa shape index (κ3) is 6.19. The molecule has 5 heteroatoms. The number of fused-ring (bicyclic) bond motifs is 1. The van der Waals surface area contributed by atoms with E-state index in [9.17, 15) is 4.79 Å². The lowest BCUT2D eigenvalue weighted by Gasteiger charge is -2.30. The summed E-state index contributed by atoms with van der Waals surface area (Å²) in [4.78, 5) is 14.4. The molecule has 0 saturated carbocycles. The SMILES string of the molecule is CCCNC(C)CC.Cc1c(NC=O)sc2c1CCN(C(C)C)C2. The van der Waals surface area contributed by atoms with E-state index in [-0.39, 0.29) is 0 Å². The van der Waals surface area contributed by atoms with Gasteiger partial charge in [-0.3, -0.25) is 9.69 Å². The van der Waals surface area contributed by atoms with E-state index < -0.39 is 0 Å². The number of carbonyl (C=O) groups is 1. The minimum absolute atomic E-state index is 0.595. The number of thiophene rings is 1. The lowest BCUT2D eigenvalue weighted by Crippen LogP contribution is -2.35. The van der Waals surface area contributed by atoms with Gasteiger partial charge in [-0.2, -0.15) is 0 Å². The van der Waals surface area contributed by atoms with E-state index in [0.29, 0.717) is 12.1 Å². The van der Waals surface area contributed by atoms with Crippen molar-refractivity contribution in [3.05, 3.63) is 16.0 Å². The van der Waals surface area contributed by atoms with Crippen molar-refractivity contribution in [1.29, 1.82) is 0 Å². The Balaban J connectivity index is 0.000000307. The Bertz CT molecular complexity index is 499. The summed E-state index contributed by atoms with van der Waals surface area (Å²) < 4.78 is 0. The Hall–Kier alpha value is -0.910. The summed E-state index contributed by atoms with van der Waals surface area (Å²) in [7, 11) is 0. The van der Waals surface area contributed by atoms with Crippen molar-refractivity contribution < 1.29 is 4.79 Å². The Morgan fingerprint density at radius 2 is 2.00 bits per heavy atom. The van der Waals surface area contributed by atoms with E-state index in [1.807, 2.05) is 0 Å². The van der Waals surface area contributed by atoms with Gasteiger partial charge < -0.3 is 10.6 Å². The van der Waals surface area contributed by atoms with Crippen LogP contribution in [-0.2, 0) is 17.8 Å². The van der Waals surface area contributed by atoms with Crippen LogP contribution in [0.15, 0.2) is 0 Å². The van der Waals surface area contributed by atoms with Crippen LogP contribution in [0.5, 0.6) is 0 Å². The smallest absolute Gasteiger partial charge is 0.212 e. The number of anilines is 1. The second-order valence-corrected chi connectivity index (χ2v) is 7.90. The first kappa shape index (κ1) is 21.1. The fourth-order valence-electron chi connectivity index (χ4n) is 2.75. The van der Waals surface area contributed by atoms with E-state index in [1.165, 1.54) is 28.8 Å². The van der Waals surface area contributed by atoms with Crippen LogP contribution in [0.4, 0.5) is 5.00 Å². The molecule has 0 radical (unpaired) electrons. The summed E-state index contributed by atoms with van der Waals surface area (Å²) in [6.07, 6.45) is 4.35. The van der Waals surface area contributed by atoms with Crippen molar-refractivity contribution in [2.45, 2.75) is 79.4 Å². The van der Waals surface area contributed by atoms with Crippen LogP contribution < -0.4 is 10.6 Å². The zero-order valence-electron chi connectivity index (χ0n) is 16.2. The van der Waals surface area contributed by atoms with E-state index in [2.05, 4.69) is 57.1 Å². The molecule has 2 heterocycles. The lowest BCUT2D eigenvalue weighted by atomic mass is 10.0. The van der Waals surface area contributed by atoms with Gasteiger partial charge in [0.1, 0.15) is 0 Å². The van der Waals surface area contributed by atoms with Crippen LogP contribution in [0.1, 0.15) is 63.5 Å². The Labute approximate surface area is 152 Å². The van der Waals surface area contributed by atoms with E-state index >= 15 is 0 Å². The molecule has 1 amide bonds. The number of nitrogens with one attached hydrogen (secondary N) is 2. The molecule has 1 aromatic rings. The molecule has 0 saturated heterocycles. The zero-order chi connectivity index (χ0) is 18.1. The van der Waals surface area contributed by atoms with Crippen LogP contribution in [0.3, 0.4) is 0 Å². The van der Waals surface area contributed by atoms with Crippen molar-refractivity contribution in [3.63, 3.8) is 0 Å². The first-order chi connectivity index (χ1) is 11.4. The van der Waals surface area contributed by atoms with Gasteiger partial charge >= 0.3 is 0 Å². The number of nitrogens with zero attached hydrogens (tertiary/aromatic N) is 1. The van der Waals surface area contributed by atoms with Crippen LogP contribution in [0, 0.1) is 6.92 Å². The summed E-state index contributed by atoms with van der Waals surface area (Å²) >= 11 is 1.72. The van der Waals surface area contributed by atoms with Crippen molar-refractivity contribution in [2.75, 3.05) is 18.4 Å². The highest BCUT2D eigenvalue weighted by atomic mass is 32.1. The summed E-state index contributed by atoms with van der Waals surface area (Å²) in [6.45, 7) is 16.5. The average Bonchev–Trinajstić information content (AvgIpc) is 2.89. The van der Waals surface area contributed by atoms with Crippen LogP contribution >= 0.6 is 11.3 Å². The minimum atomic E-state index is 0.595. The van der Waals surface area contributed by atoms with E-state index in [4.69, 9.17) is 0 Å². The second kappa shape index (κ2) is 10.9. The predicted octanol–water partition coefficient (Wildman–Crippen LogP) is 4.18. The van der Waals surface area contributed by atoms with Gasteiger partial charge in [-0.05, 0) is 64.6 Å². The number of hydrogen-bond donors (Lipinski definition) is 2. The lowest BCUT2D eigenvalue weighted by molar-refractivity contribution is -0.105. The molecule has 1 aliphatic heterocycles. The first-order valence-corrected chi connectivity index (χ1v) is 10.0. The molecule has 4 nitrogen and oxygen atoms in total. The highest BCUT2D eigenvalue weighted by molar-refractivity contribution is 7.16. The van der Waals surface area contributed by atoms with Gasteiger partial charge in [-0.1, -0.05) is 13.8 Å². The molecular formula is C19H35N3OS. The molecule has 0 aromatic carbocycles. The molecular weight excluding hydrogens is 318 g/mol. The van der Waals surface area contributed by atoms with Crippen LogP contribution in [0.2, 0.25) is 0 Å². The van der Waals surface area contributed by atoms with Crippen molar-refractivity contribution in [2.24, 2.45) is 0 Å². The third-order valence-electron chi connectivity index (χ3n) is 4.63. The fourth-order valence-corrected chi connectivity index (χ4v) is 3.99. The van der Waals surface area contributed by atoms with Gasteiger partial charge in [0, 0.05) is 30.1 Å². The van der Waals surface area contributed by atoms with E-state index in [0.717, 1.165) is 37.5 Å². The predicted molar refractivity (Wildman–Crippen MR) is 106 cm³/mol. The Morgan fingerprint density at radius 3 is 2.54 bits per heavy atom. The Kier molecular flexibility index (Phi) is 9.56. The molecule has 1 aromatic heterocycles. The molecule has 0 aliphatic carbocycles. The monoisotopic (exact) mass is 353 g/mol. The summed E-state index contributed by atoms with van der Waals surface area (Å²) in [6, 6.07) is 1.30. The van der Waals surface area contributed by atoms with Gasteiger partial charge in [-0.25, -0.2) is 0 Å². The maximum absolute atomic E-state index is 10.5.